The molecule has 0 spiro atoms. The van der Waals surface area contributed by atoms with E-state index in [0.717, 1.165) is 0 Å². The first-order valence-corrected chi connectivity index (χ1v) is 8.45. The Hall–Kier alpha value is -2.54. The van der Waals surface area contributed by atoms with E-state index in [2.05, 4.69) is 5.32 Å². The number of esters is 1. The lowest BCUT2D eigenvalue weighted by molar-refractivity contribution is 0.0596. The number of benzene rings is 2. The zero-order valence-corrected chi connectivity index (χ0v) is 13.7. The van der Waals surface area contributed by atoms with Crippen LogP contribution in [0.1, 0.15) is 17.3 Å². The Kier molecular flexibility index (Phi) is 4.90. The summed E-state index contributed by atoms with van der Waals surface area (Å²) >= 11 is 0. The minimum atomic E-state index is -3.86. The van der Waals surface area contributed by atoms with Crippen molar-refractivity contribution in [2.24, 2.45) is 0 Å². The highest BCUT2D eigenvalue weighted by atomic mass is 32.2. The molecule has 0 aromatic heterocycles. The average molecular weight is 334 g/mol. The van der Waals surface area contributed by atoms with E-state index in [1.165, 1.54) is 43.5 Å². The molecule has 0 aliphatic rings. The largest absolute Gasteiger partial charge is 0.465 e. The highest BCUT2D eigenvalue weighted by molar-refractivity contribution is 7.91. The van der Waals surface area contributed by atoms with E-state index >= 15 is 0 Å². The summed E-state index contributed by atoms with van der Waals surface area (Å²) in [5.41, 5.74) is 6.67. The predicted molar refractivity (Wildman–Crippen MR) is 88.3 cm³/mol. The second-order valence-corrected chi connectivity index (χ2v) is 6.72. The maximum atomic E-state index is 12.8. The third kappa shape index (κ3) is 3.45. The molecule has 0 saturated heterocycles. The monoisotopic (exact) mass is 334 g/mol. The maximum absolute atomic E-state index is 12.8. The molecule has 2 aromatic rings. The maximum Gasteiger partial charge on any atom is 0.339 e. The van der Waals surface area contributed by atoms with Crippen LogP contribution in [-0.2, 0) is 14.6 Å². The Bertz CT molecular complexity index is 814. The molecule has 23 heavy (non-hydrogen) atoms. The first-order chi connectivity index (χ1) is 10.9. The molecule has 6 nitrogen and oxygen atoms in total. The number of carbonyl (C=O) groups is 1. The molecule has 0 heterocycles. The molecule has 3 N–H and O–H groups in total. The van der Waals surface area contributed by atoms with Crippen LogP contribution >= 0.6 is 0 Å². The van der Waals surface area contributed by atoms with Crippen molar-refractivity contribution in [1.29, 1.82) is 0 Å². The average Bonchev–Trinajstić information content (AvgIpc) is 2.54. The van der Waals surface area contributed by atoms with Gasteiger partial charge in [-0.05, 0) is 49.4 Å². The summed E-state index contributed by atoms with van der Waals surface area (Å²) in [7, 11) is -2.65. The number of nitrogens with two attached hydrogens (primary N) is 1. The standard InChI is InChI=1S/C16H18N2O4S/c1-3-18-12-6-9-15(14(10-12)16(19)22-2)23(20,21)13-7-4-11(17)5-8-13/h4-10,18H,3,17H2,1-2H3. The first kappa shape index (κ1) is 16.8. The van der Waals surface area contributed by atoms with Crippen molar-refractivity contribution in [2.45, 2.75) is 16.7 Å². The SMILES string of the molecule is CCNc1ccc(S(=O)(=O)c2ccc(N)cc2)c(C(=O)OC)c1. The topological polar surface area (TPSA) is 98.5 Å². The van der Waals surface area contributed by atoms with E-state index in [-0.39, 0.29) is 15.4 Å². The zero-order valence-electron chi connectivity index (χ0n) is 12.9. The summed E-state index contributed by atoms with van der Waals surface area (Å²) in [6.07, 6.45) is 0. The molecule has 2 rings (SSSR count). The van der Waals surface area contributed by atoms with Gasteiger partial charge in [0, 0.05) is 17.9 Å². The zero-order chi connectivity index (χ0) is 17.0. The van der Waals surface area contributed by atoms with Gasteiger partial charge in [-0.25, -0.2) is 13.2 Å². The Balaban J connectivity index is 2.61. The van der Waals surface area contributed by atoms with Gasteiger partial charge in [0.15, 0.2) is 0 Å². The Morgan fingerprint density at radius 2 is 1.83 bits per heavy atom. The van der Waals surface area contributed by atoms with Crippen LogP contribution in [0.4, 0.5) is 11.4 Å². The fourth-order valence-corrected chi connectivity index (χ4v) is 3.55. The van der Waals surface area contributed by atoms with Crippen molar-refractivity contribution in [3.05, 3.63) is 48.0 Å². The van der Waals surface area contributed by atoms with Crippen molar-refractivity contribution in [3.63, 3.8) is 0 Å². The molecule has 2 aromatic carbocycles. The minimum Gasteiger partial charge on any atom is -0.465 e. The molecule has 0 aliphatic carbocycles. The fourth-order valence-electron chi connectivity index (χ4n) is 2.12. The van der Waals surface area contributed by atoms with Gasteiger partial charge in [0.1, 0.15) is 0 Å². The first-order valence-electron chi connectivity index (χ1n) is 6.97. The summed E-state index contributed by atoms with van der Waals surface area (Å²) in [6, 6.07) is 10.3. The predicted octanol–water partition coefficient (Wildman–Crippen LogP) is 2.32. The van der Waals surface area contributed by atoms with E-state index in [9.17, 15) is 13.2 Å². The molecule has 0 amide bonds. The van der Waals surface area contributed by atoms with Gasteiger partial charge in [-0.15, -0.1) is 0 Å². The molecule has 7 heteroatoms. The van der Waals surface area contributed by atoms with Crippen LogP contribution < -0.4 is 11.1 Å². The number of ether oxygens (including phenoxy) is 1. The number of hydrogen-bond acceptors (Lipinski definition) is 6. The molecule has 0 saturated carbocycles. The lowest BCUT2D eigenvalue weighted by atomic mass is 10.2. The molecule has 0 radical (unpaired) electrons. The van der Waals surface area contributed by atoms with Gasteiger partial charge in [-0.2, -0.15) is 0 Å². The fraction of sp³-hybridized carbons (Fsp3) is 0.188. The molecule has 0 bridgehead atoms. The van der Waals surface area contributed by atoms with E-state index in [0.29, 0.717) is 17.9 Å². The minimum absolute atomic E-state index is 0.0113. The van der Waals surface area contributed by atoms with Crippen LogP contribution in [0.15, 0.2) is 52.3 Å². The number of nitrogens with one attached hydrogen (secondary N) is 1. The molecule has 0 atom stereocenters. The highest BCUT2D eigenvalue weighted by Crippen LogP contribution is 2.27. The third-order valence-corrected chi connectivity index (χ3v) is 5.07. The van der Waals surface area contributed by atoms with E-state index < -0.39 is 15.8 Å². The lowest BCUT2D eigenvalue weighted by Gasteiger charge is -2.12. The highest BCUT2D eigenvalue weighted by Gasteiger charge is 2.25. The van der Waals surface area contributed by atoms with Crippen molar-refractivity contribution in [1.82, 2.24) is 0 Å². The van der Waals surface area contributed by atoms with Gasteiger partial charge in [0.25, 0.3) is 0 Å². The van der Waals surface area contributed by atoms with Crippen molar-refractivity contribution >= 4 is 27.2 Å². The van der Waals surface area contributed by atoms with Gasteiger partial charge >= 0.3 is 5.97 Å². The van der Waals surface area contributed by atoms with Crippen LogP contribution in [0.5, 0.6) is 0 Å². The number of anilines is 2. The third-order valence-electron chi connectivity index (χ3n) is 3.25. The summed E-state index contributed by atoms with van der Waals surface area (Å²) < 4.78 is 30.3. The Morgan fingerprint density at radius 3 is 2.39 bits per heavy atom. The number of methoxy groups -OCH3 is 1. The van der Waals surface area contributed by atoms with E-state index in [1.54, 1.807) is 6.07 Å². The Morgan fingerprint density at radius 1 is 1.17 bits per heavy atom. The van der Waals surface area contributed by atoms with Crippen molar-refractivity contribution in [3.8, 4) is 0 Å². The van der Waals surface area contributed by atoms with Crippen molar-refractivity contribution < 1.29 is 17.9 Å². The molecular weight excluding hydrogens is 316 g/mol. The van der Waals surface area contributed by atoms with Gasteiger partial charge < -0.3 is 15.8 Å². The molecular formula is C16H18N2O4S. The summed E-state index contributed by atoms with van der Waals surface area (Å²) in [6.45, 7) is 2.54. The van der Waals surface area contributed by atoms with Crippen LogP contribution in [0.3, 0.4) is 0 Å². The van der Waals surface area contributed by atoms with Gasteiger partial charge in [-0.3, -0.25) is 0 Å². The second-order valence-electron chi connectivity index (χ2n) is 4.81. The molecule has 122 valence electrons. The molecule has 0 fully saturated rings. The summed E-state index contributed by atoms with van der Waals surface area (Å²) in [5.74, 6) is -0.709. The van der Waals surface area contributed by atoms with Gasteiger partial charge in [0.05, 0.1) is 22.5 Å². The van der Waals surface area contributed by atoms with Crippen LogP contribution in [0, 0.1) is 0 Å². The van der Waals surface area contributed by atoms with Gasteiger partial charge in [-0.1, -0.05) is 0 Å². The number of rotatable bonds is 5. The Labute approximate surface area is 135 Å². The lowest BCUT2D eigenvalue weighted by Crippen LogP contribution is -2.12. The second kappa shape index (κ2) is 6.70. The van der Waals surface area contributed by atoms with Crippen molar-refractivity contribution in [2.75, 3.05) is 24.7 Å². The smallest absolute Gasteiger partial charge is 0.339 e. The summed E-state index contributed by atoms with van der Waals surface area (Å²) in [5, 5.41) is 3.03. The molecule has 0 unspecified atom stereocenters. The number of nitrogen functional groups attached to an aromatic ring is 1. The van der Waals surface area contributed by atoms with Crippen LogP contribution in [-0.4, -0.2) is 28.0 Å². The van der Waals surface area contributed by atoms with E-state index in [4.69, 9.17) is 10.5 Å². The van der Waals surface area contributed by atoms with Crippen LogP contribution in [0.25, 0.3) is 0 Å². The summed E-state index contributed by atoms with van der Waals surface area (Å²) in [4.78, 5) is 12.0. The number of sulfone groups is 1. The number of carbonyl (C=O) groups excluding carboxylic acids is 1. The number of hydrogen-bond donors (Lipinski definition) is 2. The molecule has 0 aliphatic heterocycles. The van der Waals surface area contributed by atoms with Crippen LogP contribution in [0.2, 0.25) is 0 Å². The quantitative estimate of drug-likeness (QED) is 0.643. The van der Waals surface area contributed by atoms with Gasteiger partial charge in [0.2, 0.25) is 9.84 Å². The van der Waals surface area contributed by atoms with E-state index in [1.807, 2.05) is 6.92 Å². The normalized spacial score (nSPS) is 11.0.